The Kier molecular flexibility index (Phi) is 7.01. The second-order valence-electron chi connectivity index (χ2n) is 7.48. The molecule has 0 aliphatic carbocycles. The van der Waals surface area contributed by atoms with E-state index in [2.05, 4.69) is 5.32 Å². The zero-order valence-corrected chi connectivity index (χ0v) is 16.6. The Balaban J connectivity index is 1.45. The Bertz CT molecular complexity index is 777. The molecule has 1 aliphatic rings. The van der Waals surface area contributed by atoms with Crippen molar-refractivity contribution in [3.05, 3.63) is 65.5 Å². The van der Waals surface area contributed by atoms with Gasteiger partial charge in [0.1, 0.15) is 32.7 Å². The number of quaternary nitrogens is 2. The van der Waals surface area contributed by atoms with Crippen LogP contribution in [-0.2, 0) is 17.9 Å². The molecule has 3 rings (SSSR count). The molecule has 28 heavy (non-hydrogen) atoms. The minimum atomic E-state index is -0.313. The second kappa shape index (κ2) is 9.66. The molecule has 1 aliphatic heterocycles. The molecule has 1 amide bonds. The molecule has 150 valence electrons. The fourth-order valence-corrected chi connectivity index (χ4v) is 3.77. The van der Waals surface area contributed by atoms with E-state index in [1.165, 1.54) is 16.9 Å². The molecule has 1 saturated heterocycles. The first-order valence-electron chi connectivity index (χ1n) is 9.89. The van der Waals surface area contributed by atoms with E-state index in [0.29, 0.717) is 6.54 Å². The Morgan fingerprint density at radius 2 is 1.82 bits per heavy atom. The van der Waals surface area contributed by atoms with Gasteiger partial charge in [-0.05, 0) is 30.7 Å². The SMILES string of the molecule is COc1ccc(C[NH+]2CC[NH+]([C@H](C)C(=O)NCc3ccccc3)CC2)cc1F. The average Bonchev–Trinajstić information content (AvgIpc) is 2.73. The van der Waals surface area contributed by atoms with E-state index in [-0.39, 0.29) is 23.5 Å². The van der Waals surface area contributed by atoms with Gasteiger partial charge in [-0.15, -0.1) is 0 Å². The molecule has 1 heterocycles. The lowest BCUT2D eigenvalue weighted by Gasteiger charge is -2.32. The van der Waals surface area contributed by atoms with Crippen molar-refractivity contribution in [2.45, 2.75) is 26.1 Å². The lowest BCUT2D eigenvalue weighted by molar-refractivity contribution is -1.02. The van der Waals surface area contributed by atoms with Crippen LogP contribution in [0.5, 0.6) is 5.75 Å². The number of ether oxygens (including phenoxy) is 1. The smallest absolute Gasteiger partial charge is 0.278 e. The third-order valence-electron chi connectivity index (χ3n) is 5.58. The minimum absolute atomic E-state index is 0.0660. The van der Waals surface area contributed by atoms with Gasteiger partial charge in [-0.2, -0.15) is 0 Å². The van der Waals surface area contributed by atoms with Crippen molar-refractivity contribution in [2.75, 3.05) is 33.3 Å². The summed E-state index contributed by atoms with van der Waals surface area (Å²) in [6, 6.07) is 15.1. The lowest BCUT2D eigenvalue weighted by Crippen LogP contribution is -3.29. The van der Waals surface area contributed by atoms with Crippen molar-refractivity contribution in [1.82, 2.24) is 5.32 Å². The Morgan fingerprint density at radius 3 is 2.46 bits per heavy atom. The third kappa shape index (κ3) is 5.30. The highest BCUT2D eigenvalue weighted by atomic mass is 19.1. The first kappa shape index (κ1) is 20.3. The van der Waals surface area contributed by atoms with Crippen molar-refractivity contribution in [1.29, 1.82) is 0 Å². The summed E-state index contributed by atoms with van der Waals surface area (Å²) in [6.45, 7) is 7.18. The van der Waals surface area contributed by atoms with Crippen LogP contribution in [0, 0.1) is 5.82 Å². The molecule has 2 aromatic carbocycles. The number of amides is 1. The molecule has 0 aromatic heterocycles. The van der Waals surface area contributed by atoms with Gasteiger partial charge < -0.3 is 19.9 Å². The number of piperazine rings is 1. The number of hydrogen-bond acceptors (Lipinski definition) is 2. The molecule has 0 spiro atoms. The molecule has 3 N–H and O–H groups in total. The molecule has 1 atom stereocenters. The Labute approximate surface area is 166 Å². The van der Waals surface area contributed by atoms with Gasteiger partial charge in [0.15, 0.2) is 17.6 Å². The van der Waals surface area contributed by atoms with Gasteiger partial charge in [0.2, 0.25) is 0 Å². The maximum atomic E-state index is 13.9. The molecule has 0 bridgehead atoms. The van der Waals surface area contributed by atoms with Crippen LogP contribution < -0.4 is 19.9 Å². The molecular formula is C22H30FN3O2+2. The summed E-state index contributed by atoms with van der Waals surface area (Å²) < 4.78 is 18.9. The predicted molar refractivity (Wildman–Crippen MR) is 106 cm³/mol. The fourth-order valence-electron chi connectivity index (χ4n) is 3.77. The highest BCUT2D eigenvalue weighted by Crippen LogP contribution is 2.17. The molecule has 5 nitrogen and oxygen atoms in total. The maximum absolute atomic E-state index is 13.9. The third-order valence-corrected chi connectivity index (χ3v) is 5.58. The van der Waals surface area contributed by atoms with E-state index in [0.717, 1.165) is 43.9 Å². The lowest BCUT2D eigenvalue weighted by atomic mass is 10.1. The topological polar surface area (TPSA) is 47.2 Å². The molecule has 0 radical (unpaired) electrons. The summed E-state index contributed by atoms with van der Waals surface area (Å²) in [5.41, 5.74) is 2.09. The van der Waals surface area contributed by atoms with Gasteiger partial charge in [-0.3, -0.25) is 4.79 Å². The number of hydrogen-bond donors (Lipinski definition) is 3. The van der Waals surface area contributed by atoms with Crippen molar-refractivity contribution in [2.24, 2.45) is 0 Å². The Morgan fingerprint density at radius 1 is 1.11 bits per heavy atom. The van der Waals surface area contributed by atoms with Gasteiger partial charge in [0.25, 0.3) is 5.91 Å². The Hall–Kier alpha value is -2.44. The molecule has 0 saturated carbocycles. The number of rotatable bonds is 7. The van der Waals surface area contributed by atoms with Crippen LogP contribution in [0.25, 0.3) is 0 Å². The van der Waals surface area contributed by atoms with Crippen molar-refractivity contribution in [3.8, 4) is 5.75 Å². The number of halogens is 1. The summed E-state index contributed by atoms with van der Waals surface area (Å²) in [6.07, 6.45) is 0. The number of methoxy groups -OCH3 is 1. The monoisotopic (exact) mass is 387 g/mol. The van der Waals surface area contributed by atoms with E-state index in [9.17, 15) is 9.18 Å². The zero-order chi connectivity index (χ0) is 19.9. The highest BCUT2D eigenvalue weighted by molar-refractivity contribution is 5.79. The highest BCUT2D eigenvalue weighted by Gasteiger charge is 2.30. The van der Waals surface area contributed by atoms with E-state index in [4.69, 9.17) is 4.74 Å². The van der Waals surface area contributed by atoms with Crippen LogP contribution in [0.1, 0.15) is 18.1 Å². The van der Waals surface area contributed by atoms with Gasteiger partial charge in [-0.25, -0.2) is 4.39 Å². The number of carbonyl (C=O) groups excluding carboxylic acids is 1. The quantitative estimate of drug-likeness (QED) is 0.618. The molecule has 0 unspecified atom stereocenters. The van der Waals surface area contributed by atoms with Crippen LogP contribution in [0.15, 0.2) is 48.5 Å². The molecule has 2 aromatic rings. The zero-order valence-electron chi connectivity index (χ0n) is 16.6. The predicted octanol–water partition coefficient (Wildman–Crippen LogP) is -0.177. The number of benzene rings is 2. The normalized spacial score (nSPS) is 20.4. The largest absolute Gasteiger partial charge is 0.494 e. The van der Waals surface area contributed by atoms with Crippen molar-refractivity contribution < 1.29 is 23.7 Å². The van der Waals surface area contributed by atoms with Gasteiger partial charge in [0, 0.05) is 12.1 Å². The number of carbonyl (C=O) groups is 1. The molecule has 1 fully saturated rings. The standard InChI is InChI=1S/C22H28FN3O2/c1-17(22(27)24-15-18-6-4-3-5-7-18)26-12-10-25(11-13-26)16-19-8-9-21(28-2)20(23)14-19/h3-9,14,17H,10-13,15-16H2,1-2H3,(H,24,27)/p+2/t17-/m1/s1. The molecule has 6 heteroatoms. The van der Waals surface area contributed by atoms with E-state index in [1.807, 2.05) is 43.3 Å². The van der Waals surface area contributed by atoms with Crippen LogP contribution in [0.2, 0.25) is 0 Å². The van der Waals surface area contributed by atoms with Crippen LogP contribution in [0.4, 0.5) is 4.39 Å². The van der Waals surface area contributed by atoms with Crippen LogP contribution >= 0.6 is 0 Å². The first-order chi connectivity index (χ1) is 13.6. The van der Waals surface area contributed by atoms with Crippen LogP contribution in [-0.4, -0.2) is 45.2 Å². The number of nitrogens with one attached hydrogen (secondary N) is 3. The van der Waals surface area contributed by atoms with Gasteiger partial charge in [-0.1, -0.05) is 30.3 Å². The maximum Gasteiger partial charge on any atom is 0.278 e. The molecular weight excluding hydrogens is 357 g/mol. The van der Waals surface area contributed by atoms with Gasteiger partial charge >= 0.3 is 0 Å². The van der Waals surface area contributed by atoms with Crippen LogP contribution in [0.3, 0.4) is 0 Å². The van der Waals surface area contributed by atoms with Crippen molar-refractivity contribution >= 4 is 5.91 Å². The van der Waals surface area contributed by atoms with Gasteiger partial charge in [0.05, 0.1) is 7.11 Å². The average molecular weight is 387 g/mol. The van der Waals surface area contributed by atoms with E-state index in [1.54, 1.807) is 12.1 Å². The minimum Gasteiger partial charge on any atom is -0.494 e. The summed E-state index contributed by atoms with van der Waals surface area (Å²) in [4.78, 5) is 15.2. The summed E-state index contributed by atoms with van der Waals surface area (Å²) in [5, 5.41) is 3.04. The summed E-state index contributed by atoms with van der Waals surface area (Å²) in [7, 11) is 1.47. The van der Waals surface area contributed by atoms with E-state index >= 15 is 0 Å². The summed E-state index contributed by atoms with van der Waals surface area (Å²) in [5.74, 6) is 0.0650. The second-order valence-corrected chi connectivity index (χ2v) is 7.48. The fraction of sp³-hybridized carbons (Fsp3) is 0.409. The van der Waals surface area contributed by atoms with E-state index < -0.39 is 0 Å². The van der Waals surface area contributed by atoms with Crippen molar-refractivity contribution in [3.63, 3.8) is 0 Å². The summed E-state index contributed by atoms with van der Waals surface area (Å²) >= 11 is 0. The first-order valence-corrected chi connectivity index (χ1v) is 9.89.